The van der Waals surface area contributed by atoms with Crippen LogP contribution in [-0.4, -0.2) is 43.5 Å². The number of hydrogen-bond donors (Lipinski definition) is 0. The minimum atomic E-state index is 0.287. The van der Waals surface area contributed by atoms with E-state index in [4.69, 9.17) is 4.74 Å². The van der Waals surface area contributed by atoms with E-state index in [9.17, 15) is 4.79 Å². The smallest absolute Gasteiger partial charge is 0.155 e. The summed E-state index contributed by atoms with van der Waals surface area (Å²) < 4.78 is 5.29. The van der Waals surface area contributed by atoms with E-state index >= 15 is 0 Å². The number of ketones is 1. The second kappa shape index (κ2) is 4.71. The second-order valence-electron chi connectivity index (χ2n) is 4.09. The first-order chi connectivity index (χ1) is 6.84. The number of morpholine rings is 1. The summed E-state index contributed by atoms with van der Waals surface area (Å²) in [5, 5.41) is 0. The topological polar surface area (TPSA) is 29.5 Å². The molecule has 1 heterocycles. The number of carbonyl (C=O) groups excluding carboxylic acids is 1. The molecule has 0 bridgehead atoms. The molecule has 0 amide bonds. The van der Waals surface area contributed by atoms with Gasteiger partial charge in [0, 0.05) is 26.1 Å². The Hall–Kier alpha value is -0.670. The monoisotopic (exact) mass is 195 g/mol. The molecule has 0 aromatic carbocycles. The molecule has 3 nitrogen and oxygen atoms in total. The maximum absolute atomic E-state index is 11.2. The normalized spacial score (nSPS) is 29.4. The van der Waals surface area contributed by atoms with Gasteiger partial charge in [-0.2, -0.15) is 0 Å². The molecule has 0 spiro atoms. The number of carbonyl (C=O) groups is 1. The Kier molecular flexibility index (Phi) is 3.32. The van der Waals surface area contributed by atoms with Crippen molar-refractivity contribution in [3.63, 3.8) is 0 Å². The fourth-order valence-electron chi connectivity index (χ4n) is 2.12. The molecule has 14 heavy (non-hydrogen) atoms. The molecule has 0 aromatic heterocycles. The minimum absolute atomic E-state index is 0.287. The van der Waals surface area contributed by atoms with Crippen LogP contribution in [0, 0.1) is 5.92 Å². The quantitative estimate of drug-likeness (QED) is 0.654. The molecule has 0 N–H and O–H groups in total. The molecule has 1 atom stereocenters. The summed E-state index contributed by atoms with van der Waals surface area (Å²) in [5.41, 5.74) is 0. The van der Waals surface area contributed by atoms with Gasteiger partial charge in [0.25, 0.3) is 0 Å². The first kappa shape index (κ1) is 9.87. The number of hydrogen-bond acceptors (Lipinski definition) is 3. The van der Waals surface area contributed by atoms with Crippen LogP contribution in [0.2, 0.25) is 0 Å². The van der Waals surface area contributed by atoms with Gasteiger partial charge in [-0.15, -0.1) is 0 Å². The zero-order chi connectivity index (χ0) is 9.80. The van der Waals surface area contributed by atoms with E-state index in [1.807, 2.05) is 6.08 Å². The summed E-state index contributed by atoms with van der Waals surface area (Å²) in [4.78, 5) is 13.6. The van der Waals surface area contributed by atoms with Crippen molar-refractivity contribution >= 4 is 5.78 Å². The van der Waals surface area contributed by atoms with Gasteiger partial charge >= 0.3 is 0 Å². The third kappa shape index (κ3) is 2.66. The predicted molar refractivity (Wildman–Crippen MR) is 54.1 cm³/mol. The van der Waals surface area contributed by atoms with Gasteiger partial charge in [-0.3, -0.25) is 9.69 Å². The van der Waals surface area contributed by atoms with E-state index in [0.717, 1.165) is 45.7 Å². The summed E-state index contributed by atoms with van der Waals surface area (Å²) in [6.45, 7) is 4.79. The van der Waals surface area contributed by atoms with Crippen molar-refractivity contribution in [2.24, 2.45) is 5.92 Å². The molecule has 1 saturated heterocycles. The van der Waals surface area contributed by atoms with Crippen LogP contribution < -0.4 is 0 Å². The average molecular weight is 195 g/mol. The SMILES string of the molecule is O=C1C=CCC(CN2CCOCC2)C1. The van der Waals surface area contributed by atoms with Crippen molar-refractivity contribution < 1.29 is 9.53 Å². The molecule has 0 aromatic rings. The summed E-state index contributed by atoms with van der Waals surface area (Å²) in [6, 6.07) is 0. The van der Waals surface area contributed by atoms with Gasteiger partial charge in [0.05, 0.1) is 13.2 Å². The van der Waals surface area contributed by atoms with Crippen molar-refractivity contribution in [2.75, 3.05) is 32.8 Å². The van der Waals surface area contributed by atoms with Crippen LogP contribution in [0.3, 0.4) is 0 Å². The Morgan fingerprint density at radius 3 is 2.93 bits per heavy atom. The number of ether oxygens (including phenoxy) is 1. The van der Waals surface area contributed by atoms with E-state index in [0.29, 0.717) is 5.92 Å². The lowest BCUT2D eigenvalue weighted by Crippen LogP contribution is -2.39. The summed E-state index contributed by atoms with van der Waals surface area (Å²) in [7, 11) is 0. The molecule has 1 unspecified atom stereocenters. The highest BCUT2D eigenvalue weighted by Gasteiger charge is 2.19. The Labute approximate surface area is 84.7 Å². The lowest BCUT2D eigenvalue weighted by Gasteiger charge is -2.30. The first-order valence-corrected chi connectivity index (χ1v) is 5.34. The molecule has 78 valence electrons. The van der Waals surface area contributed by atoms with E-state index < -0.39 is 0 Å². The maximum Gasteiger partial charge on any atom is 0.155 e. The molecule has 2 aliphatic rings. The van der Waals surface area contributed by atoms with Gasteiger partial charge in [-0.05, 0) is 18.4 Å². The van der Waals surface area contributed by atoms with E-state index in [-0.39, 0.29) is 5.78 Å². The van der Waals surface area contributed by atoms with E-state index in [1.54, 1.807) is 6.08 Å². The molecular formula is C11H17NO2. The van der Waals surface area contributed by atoms with Gasteiger partial charge in [0.2, 0.25) is 0 Å². The Balaban J connectivity index is 1.79. The number of nitrogens with zero attached hydrogens (tertiary/aromatic N) is 1. The van der Waals surface area contributed by atoms with E-state index in [1.165, 1.54) is 0 Å². The second-order valence-corrected chi connectivity index (χ2v) is 4.09. The van der Waals surface area contributed by atoms with Gasteiger partial charge in [-0.1, -0.05) is 6.08 Å². The summed E-state index contributed by atoms with van der Waals surface area (Å²) in [6.07, 6.45) is 5.52. The number of rotatable bonds is 2. The highest BCUT2D eigenvalue weighted by atomic mass is 16.5. The van der Waals surface area contributed by atoms with Crippen LogP contribution in [0.25, 0.3) is 0 Å². The van der Waals surface area contributed by atoms with Gasteiger partial charge in [0.1, 0.15) is 0 Å². The third-order valence-corrected chi connectivity index (χ3v) is 2.88. The van der Waals surface area contributed by atoms with Crippen molar-refractivity contribution in [2.45, 2.75) is 12.8 Å². The van der Waals surface area contributed by atoms with Gasteiger partial charge in [0.15, 0.2) is 5.78 Å². The average Bonchev–Trinajstić information content (AvgIpc) is 2.19. The molecule has 1 fully saturated rings. The molecule has 3 heteroatoms. The molecule has 2 rings (SSSR count). The fraction of sp³-hybridized carbons (Fsp3) is 0.727. The molecule has 1 aliphatic heterocycles. The Bertz CT molecular complexity index is 231. The van der Waals surface area contributed by atoms with Gasteiger partial charge < -0.3 is 4.74 Å². The molecular weight excluding hydrogens is 178 g/mol. The highest BCUT2D eigenvalue weighted by Crippen LogP contribution is 2.17. The Morgan fingerprint density at radius 2 is 2.21 bits per heavy atom. The maximum atomic E-state index is 11.2. The largest absolute Gasteiger partial charge is 0.379 e. The standard InChI is InChI=1S/C11H17NO2/c13-11-3-1-2-10(8-11)9-12-4-6-14-7-5-12/h1,3,10H,2,4-9H2. The van der Waals surface area contributed by atoms with Crippen molar-refractivity contribution in [3.8, 4) is 0 Å². The third-order valence-electron chi connectivity index (χ3n) is 2.88. The molecule has 1 aliphatic carbocycles. The van der Waals surface area contributed by atoms with Crippen LogP contribution in [0.5, 0.6) is 0 Å². The number of allylic oxidation sites excluding steroid dienone is 2. The zero-order valence-electron chi connectivity index (χ0n) is 8.45. The van der Waals surface area contributed by atoms with Crippen LogP contribution in [0.15, 0.2) is 12.2 Å². The Morgan fingerprint density at radius 1 is 1.43 bits per heavy atom. The van der Waals surface area contributed by atoms with Crippen molar-refractivity contribution in [3.05, 3.63) is 12.2 Å². The summed E-state index contributed by atoms with van der Waals surface area (Å²) in [5.74, 6) is 0.820. The van der Waals surface area contributed by atoms with E-state index in [2.05, 4.69) is 4.90 Å². The lowest BCUT2D eigenvalue weighted by molar-refractivity contribution is -0.116. The van der Waals surface area contributed by atoms with Crippen LogP contribution >= 0.6 is 0 Å². The fourth-order valence-corrected chi connectivity index (χ4v) is 2.12. The van der Waals surface area contributed by atoms with Crippen molar-refractivity contribution in [1.29, 1.82) is 0 Å². The van der Waals surface area contributed by atoms with Gasteiger partial charge in [-0.25, -0.2) is 0 Å². The van der Waals surface area contributed by atoms with Crippen LogP contribution in [0.4, 0.5) is 0 Å². The predicted octanol–water partition coefficient (Wildman–Crippen LogP) is 0.854. The molecule has 0 radical (unpaired) electrons. The summed E-state index contributed by atoms with van der Waals surface area (Å²) >= 11 is 0. The zero-order valence-corrected chi connectivity index (χ0v) is 8.45. The molecule has 0 saturated carbocycles. The first-order valence-electron chi connectivity index (χ1n) is 5.34. The van der Waals surface area contributed by atoms with Crippen LogP contribution in [-0.2, 0) is 9.53 Å². The highest BCUT2D eigenvalue weighted by molar-refractivity contribution is 5.90. The van der Waals surface area contributed by atoms with Crippen molar-refractivity contribution in [1.82, 2.24) is 4.90 Å². The minimum Gasteiger partial charge on any atom is -0.379 e. The lowest BCUT2D eigenvalue weighted by atomic mass is 9.93. The van der Waals surface area contributed by atoms with Crippen LogP contribution in [0.1, 0.15) is 12.8 Å².